The molecule has 0 radical (unpaired) electrons. The number of amides is 1. The summed E-state index contributed by atoms with van der Waals surface area (Å²) in [6.07, 6.45) is 2.80. The molecule has 1 amide bonds. The second-order valence-corrected chi connectivity index (χ2v) is 4.09. The van der Waals surface area contributed by atoms with E-state index in [2.05, 4.69) is 20.6 Å². The molecule has 1 heterocycles. The van der Waals surface area contributed by atoms with Crippen molar-refractivity contribution >= 4 is 29.0 Å². The zero-order valence-electron chi connectivity index (χ0n) is 9.95. The van der Waals surface area contributed by atoms with Gasteiger partial charge < -0.3 is 10.6 Å². The number of aromatic nitrogens is 2. The van der Waals surface area contributed by atoms with Crippen molar-refractivity contribution in [3.8, 4) is 0 Å². The number of nitrogens with one attached hydrogen (secondary N) is 2. The molecule has 0 aliphatic rings. The molecule has 0 saturated heterocycles. The van der Waals surface area contributed by atoms with Crippen LogP contribution in [0.25, 0.3) is 0 Å². The van der Waals surface area contributed by atoms with E-state index in [9.17, 15) is 9.18 Å². The number of halogens is 2. The van der Waals surface area contributed by atoms with E-state index in [4.69, 9.17) is 11.6 Å². The Labute approximate surface area is 113 Å². The summed E-state index contributed by atoms with van der Waals surface area (Å²) in [5.74, 6) is -0.561. The molecule has 0 fully saturated rings. The van der Waals surface area contributed by atoms with Gasteiger partial charge in [0.15, 0.2) is 0 Å². The minimum atomic E-state index is -0.530. The quantitative estimate of drug-likeness (QED) is 0.907. The summed E-state index contributed by atoms with van der Waals surface area (Å²) in [6, 6.07) is 3.76. The van der Waals surface area contributed by atoms with Crippen molar-refractivity contribution in [1.29, 1.82) is 0 Å². The largest absolute Gasteiger partial charge is 0.372 e. The molecular weight excluding hydrogens is 271 g/mol. The molecule has 0 bridgehead atoms. The van der Waals surface area contributed by atoms with Crippen LogP contribution in [-0.2, 0) is 0 Å². The van der Waals surface area contributed by atoms with Gasteiger partial charge in [-0.05, 0) is 18.2 Å². The number of rotatable bonds is 3. The minimum absolute atomic E-state index is 0.118. The summed E-state index contributed by atoms with van der Waals surface area (Å²) in [4.78, 5) is 19.8. The molecule has 0 spiro atoms. The molecule has 7 heteroatoms. The van der Waals surface area contributed by atoms with E-state index in [1.165, 1.54) is 24.5 Å². The van der Waals surface area contributed by atoms with Crippen LogP contribution < -0.4 is 10.6 Å². The van der Waals surface area contributed by atoms with Crippen LogP contribution in [0.2, 0.25) is 5.02 Å². The van der Waals surface area contributed by atoms with E-state index in [1.54, 1.807) is 7.05 Å². The first-order chi connectivity index (χ1) is 9.08. The smallest absolute Gasteiger partial charge is 0.275 e. The van der Waals surface area contributed by atoms with Crippen molar-refractivity contribution < 1.29 is 9.18 Å². The third-order valence-corrected chi connectivity index (χ3v) is 2.46. The lowest BCUT2D eigenvalue weighted by atomic mass is 10.3. The maximum atomic E-state index is 13.1. The number of carbonyl (C=O) groups excluding carboxylic acids is 1. The van der Waals surface area contributed by atoms with Crippen LogP contribution in [0.1, 0.15) is 10.5 Å². The third kappa shape index (κ3) is 3.38. The zero-order valence-corrected chi connectivity index (χ0v) is 10.7. The summed E-state index contributed by atoms with van der Waals surface area (Å²) in [5, 5.41) is 5.47. The van der Waals surface area contributed by atoms with Gasteiger partial charge in [0, 0.05) is 17.8 Å². The van der Waals surface area contributed by atoms with Crippen molar-refractivity contribution in [1.82, 2.24) is 9.97 Å². The fourth-order valence-electron chi connectivity index (χ4n) is 1.42. The summed E-state index contributed by atoms with van der Waals surface area (Å²) in [7, 11) is 1.66. The van der Waals surface area contributed by atoms with E-state index < -0.39 is 11.7 Å². The van der Waals surface area contributed by atoms with Gasteiger partial charge in [0.2, 0.25) is 0 Å². The summed E-state index contributed by atoms with van der Waals surface area (Å²) < 4.78 is 13.1. The van der Waals surface area contributed by atoms with Gasteiger partial charge in [-0.25, -0.2) is 9.37 Å². The van der Waals surface area contributed by atoms with Crippen LogP contribution in [0.4, 0.5) is 15.9 Å². The number of hydrogen-bond acceptors (Lipinski definition) is 4. The predicted octanol–water partition coefficient (Wildman–Crippen LogP) is 2.56. The van der Waals surface area contributed by atoms with Crippen molar-refractivity contribution in [2.75, 3.05) is 17.7 Å². The number of carbonyl (C=O) groups is 1. The van der Waals surface area contributed by atoms with Crippen molar-refractivity contribution in [3.63, 3.8) is 0 Å². The standard InChI is InChI=1S/C12H10ClFN4O/c1-15-11-6-16-5-10(18-11)12(19)17-9-3-7(13)2-8(14)4-9/h2-6H,1H3,(H,15,18)(H,17,19). The molecule has 0 aliphatic carbocycles. The summed E-state index contributed by atoms with van der Waals surface area (Å²) >= 11 is 5.70. The fourth-order valence-corrected chi connectivity index (χ4v) is 1.64. The minimum Gasteiger partial charge on any atom is -0.372 e. The van der Waals surface area contributed by atoms with Crippen molar-refractivity contribution in [3.05, 3.63) is 47.1 Å². The molecule has 2 aromatic rings. The molecule has 1 aromatic carbocycles. The monoisotopic (exact) mass is 280 g/mol. The zero-order chi connectivity index (χ0) is 13.8. The molecule has 1 aromatic heterocycles. The molecule has 5 nitrogen and oxygen atoms in total. The maximum Gasteiger partial charge on any atom is 0.275 e. The Morgan fingerprint density at radius 1 is 1.32 bits per heavy atom. The third-order valence-electron chi connectivity index (χ3n) is 2.24. The topological polar surface area (TPSA) is 66.9 Å². The summed E-state index contributed by atoms with van der Waals surface area (Å²) in [6.45, 7) is 0. The van der Waals surface area contributed by atoms with Crippen LogP contribution in [0, 0.1) is 5.82 Å². The second kappa shape index (κ2) is 5.62. The van der Waals surface area contributed by atoms with Gasteiger partial charge in [-0.15, -0.1) is 0 Å². The molecule has 0 atom stereocenters. The molecule has 2 N–H and O–H groups in total. The molecule has 0 unspecified atom stereocenters. The average molecular weight is 281 g/mol. The second-order valence-electron chi connectivity index (χ2n) is 3.65. The highest BCUT2D eigenvalue weighted by Crippen LogP contribution is 2.18. The Morgan fingerprint density at radius 2 is 2.11 bits per heavy atom. The van der Waals surface area contributed by atoms with Gasteiger partial charge in [0.25, 0.3) is 5.91 Å². The van der Waals surface area contributed by atoms with Gasteiger partial charge in [0.1, 0.15) is 17.3 Å². The van der Waals surface area contributed by atoms with Crippen molar-refractivity contribution in [2.24, 2.45) is 0 Å². The first-order valence-electron chi connectivity index (χ1n) is 5.36. The normalized spacial score (nSPS) is 10.1. The predicted molar refractivity (Wildman–Crippen MR) is 70.9 cm³/mol. The molecule has 0 saturated carbocycles. The van der Waals surface area contributed by atoms with Crippen LogP contribution in [0.15, 0.2) is 30.6 Å². The van der Waals surface area contributed by atoms with Gasteiger partial charge in [-0.1, -0.05) is 11.6 Å². The maximum absolute atomic E-state index is 13.1. The molecule has 0 aliphatic heterocycles. The summed E-state index contributed by atoms with van der Waals surface area (Å²) in [5.41, 5.74) is 0.374. The van der Waals surface area contributed by atoms with E-state index >= 15 is 0 Å². The van der Waals surface area contributed by atoms with E-state index in [0.29, 0.717) is 5.82 Å². The Hall–Kier alpha value is -2.21. The Balaban J connectivity index is 2.20. The van der Waals surface area contributed by atoms with E-state index in [1.807, 2.05) is 0 Å². The van der Waals surface area contributed by atoms with E-state index in [0.717, 1.165) is 6.07 Å². The molecular formula is C12H10ClFN4O. The Kier molecular flexibility index (Phi) is 3.91. The Morgan fingerprint density at radius 3 is 2.79 bits per heavy atom. The van der Waals surface area contributed by atoms with Crippen LogP contribution >= 0.6 is 11.6 Å². The van der Waals surface area contributed by atoms with Gasteiger partial charge in [0.05, 0.1) is 12.4 Å². The van der Waals surface area contributed by atoms with E-state index in [-0.39, 0.29) is 16.4 Å². The highest BCUT2D eigenvalue weighted by Gasteiger charge is 2.10. The first kappa shape index (κ1) is 13.2. The lowest BCUT2D eigenvalue weighted by Crippen LogP contribution is -2.15. The van der Waals surface area contributed by atoms with Crippen LogP contribution in [-0.4, -0.2) is 22.9 Å². The average Bonchev–Trinajstić information content (AvgIpc) is 2.37. The number of benzene rings is 1. The van der Waals surface area contributed by atoms with Crippen molar-refractivity contribution in [2.45, 2.75) is 0 Å². The van der Waals surface area contributed by atoms with Crippen LogP contribution in [0.3, 0.4) is 0 Å². The lowest BCUT2D eigenvalue weighted by molar-refractivity contribution is 0.102. The molecule has 2 rings (SSSR count). The SMILES string of the molecule is CNc1cncc(C(=O)Nc2cc(F)cc(Cl)c2)n1. The number of anilines is 2. The first-order valence-corrected chi connectivity index (χ1v) is 5.73. The Bertz CT molecular complexity index is 600. The highest BCUT2D eigenvalue weighted by molar-refractivity contribution is 6.31. The molecule has 19 heavy (non-hydrogen) atoms. The fraction of sp³-hybridized carbons (Fsp3) is 0.0833. The van der Waals surface area contributed by atoms with Gasteiger partial charge in [-0.2, -0.15) is 0 Å². The lowest BCUT2D eigenvalue weighted by Gasteiger charge is -2.06. The van der Waals surface area contributed by atoms with Gasteiger partial charge >= 0.3 is 0 Å². The number of nitrogens with zero attached hydrogens (tertiary/aromatic N) is 2. The molecule has 98 valence electrons. The van der Waals surface area contributed by atoms with Crippen LogP contribution in [0.5, 0.6) is 0 Å². The van der Waals surface area contributed by atoms with Gasteiger partial charge in [-0.3, -0.25) is 9.78 Å². The number of hydrogen-bond donors (Lipinski definition) is 2. The highest BCUT2D eigenvalue weighted by atomic mass is 35.5.